The maximum absolute atomic E-state index is 4.51. The molecule has 0 fully saturated rings. The lowest BCUT2D eigenvalue weighted by atomic mass is 9.95. The lowest BCUT2D eigenvalue weighted by Crippen LogP contribution is -2.05. The molecule has 78 valence electrons. The van der Waals surface area contributed by atoms with Gasteiger partial charge in [0.15, 0.2) is 0 Å². The zero-order valence-electron chi connectivity index (χ0n) is 9.38. The summed E-state index contributed by atoms with van der Waals surface area (Å²) in [6.07, 6.45) is 7.04. The Morgan fingerprint density at radius 2 is 2.07 bits per heavy atom. The summed E-state index contributed by atoms with van der Waals surface area (Å²) >= 11 is 0. The first kappa shape index (κ1) is 8.96. The Labute approximate surface area is 89.9 Å². The van der Waals surface area contributed by atoms with Gasteiger partial charge in [-0.3, -0.25) is 0 Å². The summed E-state index contributed by atoms with van der Waals surface area (Å²) < 4.78 is 2.29. The first-order valence-electron chi connectivity index (χ1n) is 5.71. The number of aryl methyl sites for hydroxylation is 3. The third kappa shape index (κ3) is 1.14. The van der Waals surface area contributed by atoms with E-state index in [4.69, 9.17) is 0 Å². The standard InChI is InChI=1S/C13H16N2/c1-9-7-8-14-13-12(9)10-5-3-4-6-11(10)15(13)2/h7-8H,3-6H2,1-2H3. The monoisotopic (exact) mass is 200 g/mol. The van der Waals surface area contributed by atoms with Gasteiger partial charge in [0.05, 0.1) is 0 Å². The van der Waals surface area contributed by atoms with Crippen molar-refractivity contribution in [1.29, 1.82) is 0 Å². The van der Waals surface area contributed by atoms with Crippen LogP contribution in [0.25, 0.3) is 11.0 Å². The van der Waals surface area contributed by atoms with Crippen molar-refractivity contribution in [2.45, 2.75) is 32.6 Å². The van der Waals surface area contributed by atoms with Gasteiger partial charge in [-0.1, -0.05) is 0 Å². The molecule has 0 unspecified atom stereocenters. The van der Waals surface area contributed by atoms with Gasteiger partial charge in [0.1, 0.15) is 5.65 Å². The molecule has 2 heterocycles. The van der Waals surface area contributed by atoms with Crippen LogP contribution in [0.15, 0.2) is 12.3 Å². The normalized spacial score (nSPS) is 15.6. The molecule has 0 radical (unpaired) electrons. The number of pyridine rings is 1. The van der Waals surface area contributed by atoms with Crippen LogP contribution in [0.4, 0.5) is 0 Å². The summed E-state index contributed by atoms with van der Waals surface area (Å²) in [7, 11) is 2.15. The van der Waals surface area contributed by atoms with Crippen LogP contribution < -0.4 is 0 Å². The lowest BCUT2D eigenvalue weighted by molar-refractivity contribution is 0.652. The largest absolute Gasteiger partial charge is 0.332 e. The smallest absolute Gasteiger partial charge is 0.140 e. The van der Waals surface area contributed by atoms with Crippen LogP contribution in [0.3, 0.4) is 0 Å². The zero-order chi connectivity index (χ0) is 10.4. The summed E-state index contributed by atoms with van der Waals surface area (Å²) in [5.74, 6) is 0. The summed E-state index contributed by atoms with van der Waals surface area (Å²) in [5, 5.41) is 1.41. The van der Waals surface area contributed by atoms with Gasteiger partial charge < -0.3 is 4.57 Å². The molecule has 2 nitrogen and oxygen atoms in total. The first-order chi connectivity index (χ1) is 7.29. The van der Waals surface area contributed by atoms with Crippen molar-refractivity contribution in [2.24, 2.45) is 7.05 Å². The molecule has 0 bridgehead atoms. The molecule has 1 aliphatic rings. The van der Waals surface area contributed by atoms with E-state index in [0.717, 1.165) is 0 Å². The predicted octanol–water partition coefficient (Wildman–Crippen LogP) is 2.76. The van der Waals surface area contributed by atoms with Crippen molar-refractivity contribution < 1.29 is 0 Å². The first-order valence-corrected chi connectivity index (χ1v) is 5.71. The van der Waals surface area contributed by atoms with Gasteiger partial charge in [-0.05, 0) is 49.8 Å². The van der Waals surface area contributed by atoms with Crippen molar-refractivity contribution in [3.63, 3.8) is 0 Å². The van der Waals surface area contributed by atoms with Crippen LogP contribution in [0.1, 0.15) is 29.7 Å². The van der Waals surface area contributed by atoms with E-state index in [1.807, 2.05) is 6.20 Å². The maximum Gasteiger partial charge on any atom is 0.140 e. The van der Waals surface area contributed by atoms with E-state index >= 15 is 0 Å². The molecule has 0 aromatic carbocycles. The summed E-state index contributed by atoms with van der Waals surface area (Å²) in [6, 6.07) is 2.12. The average molecular weight is 200 g/mol. The van der Waals surface area contributed by atoms with Crippen molar-refractivity contribution in [2.75, 3.05) is 0 Å². The van der Waals surface area contributed by atoms with Crippen molar-refractivity contribution in [3.05, 3.63) is 29.1 Å². The molecule has 3 rings (SSSR count). The van der Waals surface area contributed by atoms with Gasteiger partial charge in [-0.2, -0.15) is 0 Å². The molecular weight excluding hydrogens is 184 g/mol. The Morgan fingerprint density at radius 1 is 1.27 bits per heavy atom. The van der Waals surface area contributed by atoms with E-state index in [1.54, 1.807) is 5.56 Å². The van der Waals surface area contributed by atoms with E-state index < -0.39 is 0 Å². The van der Waals surface area contributed by atoms with Gasteiger partial charge in [0.25, 0.3) is 0 Å². The van der Waals surface area contributed by atoms with Crippen LogP contribution >= 0.6 is 0 Å². The van der Waals surface area contributed by atoms with E-state index in [2.05, 4.69) is 29.6 Å². The van der Waals surface area contributed by atoms with Gasteiger partial charge in [0, 0.05) is 24.3 Å². The highest BCUT2D eigenvalue weighted by molar-refractivity contribution is 5.85. The molecule has 0 spiro atoms. The number of aromatic nitrogens is 2. The van der Waals surface area contributed by atoms with Crippen molar-refractivity contribution in [3.8, 4) is 0 Å². The molecule has 15 heavy (non-hydrogen) atoms. The number of hydrogen-bond donors (Lipinski definition) is 0. The van der Waals surface area contributed by atoms with E-state index in [0.29, 0.717) is 0 Å². The highest BCUT2D eigenvalue weighted by atomic mass is 15.0. The lowest BCUT2D eigenvalue weighted by Gasteiger charge is -2.12. The van der Waals surface area contributed by atoms with E-state index in [1.165, 1.54) is 48.0 Å². The van der Waals surface area contributed by atoms with Crippen LogP contribution in [0.2, 0.25) is 0 Å². The number of fused-ring (bicyclic) bond motifs is 3. The minimum atomic E-state index is 1.17. The van der Waals surface area contributed by atoms with Crippen LogP contribution in [-0.2, 0) is 19.9 Å². The van der Waals surface area contributed by atoms with E-state index in [9.17, 15) is 0 Å². The SMILES string of the molecule is Cc1ccnc2c1c1c(n2C)CCCC1. The van der Waals surface area contributed by atoms with Crippen molar-refractivity contribution >= 4 is 11.0 Å². The Morgan fingerprint density at radius 3 is 2.93 bits per heavy atom. The third-order valence-corrected chi connectivity index (χ3v) is 3.60. The molecule has 0 N–H and O–H groups in total. The minimum absolute atomic E-state index is 1.17. The van der Waals surface area contributed by atoms with Crippen LogP contribution in [0, 0.1) is 6.92 Å². The Kier molecular flexibility index (Phi) is 1.84. The fourth-order valence-electron chi connectivity index (χ4n) is 2.83. The minimum Gasteiger partial charge on any atom is -0.332 e. The quantitative estimate of drug-likeness (QED) is 0.639. The molecule has 2 heteroatoms. The molecule has 0 aliphatic heterocycles. The summed E-state index contributed by atoms with van der Waals surface area (Å²) in [4.78, 5) is 4.51. The molecule has 2 aromatic heterocycles. The van der Waals surface area contributed by atoms with Crippen LogP contribution in [0.5, 0.6) is 0 Å². The fraction of sp³-hybridized carbons (Fsp3) is 0.462. The number of hydrogen-bond acceptors (Lipinski definition) is 1. The Hall–Kier alpha value is -1.31. The molecule has 1 aliphatic carbocycles. The number of nitrogens with zero attached hydrogens (tertiary/aromatic N) is 2. The van der Waals surface area contributed by atoms with E-state index in [-0.39, 0.29) is 0 Å². The van der Waals surface area contributed by atoms with Crippen LogP contribution in [-0.4, -0.2) is 9.55 Å². The van der Waals surface area contributed by atoms with Gasteiger partial charge >= 0.3 is 0 Å². The second-order valence-electron chi connectivity index (χ2n) is 4.52. The average Bonchev–Trinajstić information content (AvgIpc) is 2.55. The number of rotatable bonds is 0. The molecular formula is C13H16N2. The summed E-state index contributed by atoms with van der Waals surface area (Å²) in [6.45, 7) is 2.19. The topological polar surface area (TPSA) is 17.8 Å². The molecule has 0 atom stereocenters. The highest BCUT2D eigenvalue weighted by Gasteiger charge is 2.19. The molecule has 0 saturated heterocycles. The predicted molar refractivity (Wildman–Crippen MR) is 62.1 cm³/mol. The Bertz CT molecular complexity index is 523. The Balaban J connectivity index is 2.44. The third-order valence-electron chi connectivity index (χ3n) is 3.60. The van der Waals surface area contributed by atoms with Gasteiger partial charge in [0.2, 0.25) is 0 Å². The zero-order valence-corrected chi connectivity index (χ0v) is 9.38. The van der Waals surface area contributed by atoms with Crippen molar-refractivity contribution in [1.82, 2.24) is 9.55 Å². The molecule has 0 saturated carbocycles. The second-order valence-corrected chi connectivity index (χ2v) is 4.52. The molecule has 2 aromatic rings. The highest BCUT2D eigenvalue weighted by Crippen LogP contribution is 2.31. The fourth-order valence-corrected chi connectivity index (χ4v) is 2.83. The second kappa shape index (κ2) is 3.09. The maximum atomic E-state index is 4.51. The summed E-state index contributed by atoms with van der Waals surface area (Å²) in [5.41, 5.74) is 5.61. The van der Waals surface area contributed by atoms with Gasteiger partial charge in [-0.25, -0.2) is 4.98 Å². The van der Waals surface area contributed by atoms with Gasteiger partial charge in [-0.15, -0.1) is 0 Å². The molecule has 0 amide bonds.